The molecular formula is C14H22N4O2. The molecule has 3 heterocycles. The number of amides is 1. The smallest absolute Gasteiger partial charge is 0.274 e. The Balaban J connectivity index is 1.66. The van der Waals surface area contributed by atoms with Crippen LogP contribution in [0.2, 0.25) is 0 Å². The number of hydrogen-bond donors (Lipinski definition) is 2. The minimum absolute atomic E-state index is 0.0256. The molecular weight excluding hydrogens is 256 g/mol. The Kier molecular flexibility index (Phi) is 4.03. The molecule has 0 saturated carbocycles. The van der Waals surface area contributed by atoms with Crippen molar-refractivity contribution in [2.75, 3.05) is 33.4 Å². The Hall–Kier alpha value is -1.40. The van der Waals surface area contributed by atoms with Gasteiger partial charge in [0, 0.05) is 57.6 Å². The first-order valence-electron chi connectivity index (χ1n) is 7.35. The molecule has 1 aromatic heterocycles. The maximum absolute atomic E-state index is 12.5. The molecule has 1 aromatic rings. The summed E-state index contributed by atoms with van der Waals surface area (Å²) < 4.78 is 5.36. The number of hydrogen-bond acceptors (Lipinski definition) is 4. The van der Waals surface area contributed by atoms with E-state index in [1.54, 1.807) is 4.90 Å². The molecule has 1 amide bonds. The van der Waals surface area contributed by atoms with E-state index in [0.717, 1.165) is 63.4 Å². The average molecular weight is 278 g/mol. The topological polar surface area (TPSA) is 70.2 Å². The molecule has 3 rings (SSSR count). The standard InChI is InChI=1S/C14H22N4O2/c1-18(9-10-3-6-20-7-4-10)14(19)13-11-8-15-5-2-12(11)16-17-13/h10,15H,2-9H2,1H3,(H,16,17). The number of ether oxygens (including phenoxy) is 1. The van der Waals surface area contributed by atoms with Crippen LogP contribution in [0, 0.1) is 5.92 Å². The van der Waals surface area contributed by atoms with Gasteiger partial charge >= 0.3 is 0 Å². The van der Waals surface area contributed by atoms with E-state index in [1.165, 1.54) is 0 Å². The van der Waals surface area contributed by atoms with Crippen molar-refractivity contribution < 1.29 is 9.53 Å². The lowest BCUT2D eigenvalue weighted by atomic mass is 9.99. The van der Waals surface area contributed by atoms with E-state index >= 15 is 0 Å². The largest absolute Gasteiger partial charge is 0.381 e. The van der Waals surface area contributed by atoms with Crippen molar-refractivity contribution in [2.24, 2.45) is 5.92 Å². The highest BCUT2D eigenvalue weighted by molar-refractivity contribution is 5.93. The number of rotatable bonds is 3. The van der Waals surface area contributed by atoms with Gasteiger partial charge in [-0.3, -0.25) is 9.89 Å². The predicted molar refractivity (Wildman–Crippen MR) is 74.5 cm³/mol. The number of aromatic nitrogens is 2. The fourth-order valence-electron chi connectivity index (χ4n) is 2.98. The molecule has 6 heteroatoms. The SMILES string of the molecule is CN(CC1CCOCC1)C(=O)c1n[nH]c2c1CNCC2. The van der Waals surface area contributed by atoms with E-state index < -0.39 is 0 Å². The minimum Gasteiger partial charge on any atom is -0.381 e. The minimum atomic E-state index is 0.0256. The van der Waals surface area contributed by atoms with Gasteiger partial charge in [0.25, 0.3) is 5.91 Å². The zero-order chi connectivity index (χ0) is 13.9. The fourth-order valence-corrected chi connectivity index (χ4v) is 2.98. The molecule has 1 saturated heterocycles. The van der Waals surface area contributed by atoms with Crippen molar-refractivity contribution in [3.05, 3.63) is 17.0 Å². The third-order valence-corrected chi connectivity index (χ3v) is 4.23. The Morgan fingerprint density at radius 2 is 2.25 bits per heavy atom. The first-order chi connectivity index (χ1) is 9.75. The third-order valence-electron chi connectivity index (χ3n) is 4.23. The number of fused-ring (bicyclic) bond motifs is 1. The first-order valence-corrected chi connectivity index (χ1v) is 7.35. The Morgan fingerprint density at radius 3 is 3.05 bits per heavy atom. The summed E-state index contributed by atoms with van der Waals surface area (Å²) in [5, 5.41) is 10.5. The Bertz CT molecular complexity index is 480. The maximum Gasteiger partial charge on any atom is 0.274 e. The molecule has 110 valence electrons. The second kappa shape index (κ2) is 5.93. The van der Waals surface area contributed by atoms with Gasteiger partial charge in [0.15, 0.2) is 5.69 Å². The van der Waals surface area contributed by atoms with Gasteiger partial charge in [-0.2, -0.15) is 5.10 Å². The van der Waals surface area contributed by atoms with Gasteiger partial charge in [0.05, 0.1) is 0 Å². The van der Waals surface area contributed by atoms with Gasteiger partial charge in [0.1, 0.15) is 0 Å². The molecule has 2 aliphatic rings. The highest BCUT2D eigenvalue weighted by atomic mass is 16.5. The number of nitrogens with zero attached hydrogens (tertiary/aromatic N) is 2. The lowest BCUT2D eigenvalue weighted by molar-refractivity contribution is 0.0494. The molecule has 2 aliphatic heterocycles. The molecule has 1 fully saturated rings. The summed E-state index contributed by atoms with van der Waals surface area (Å²) in [6, 6.07) is 0. The molecule has 0 bridgehead atoms. The molecule has 6 nitrogen and oxygen atoms in total. The number of carbonyl (C=O) groups excluding carboxylic acids is 1. The molecule has 20 heavy (non-hydrogen) atoms. The summed E-state index contributed by atoms with van der Waals surface area (Å²) in [5.41, 5.74) is 2.73. The van der Waals surface area contributed by atoms with Gasteiger partial charge < -0.3 is 15.0 Å². The summed E-state index contributed by atoms with van der Waals surface area (Å²) in [6.45, 7) is 4.10. The quantitative estimate of drug-likeness (QED) is 0.847. The van der Waals surface area contributed by atoms with Crippen molar-refractivity contribution in [2.45, 2.75) is 25.8 Å². The molecule has 0 unspecified atom stereocenters. The van der Waals surface area contributed by atoms with E-state index in [1.807, 2.05) is 7.05 Å². The molecule has 2 N–H and O–H groups in total. The fraction of sp³-hybridized carbons (Fsp3) is 0.714. The number of aromatic amines is 1. The van der Waals surface area contributed by atoms with E-state index in [-0.39, 0.29) is 5.91 Å². The van der Waals surface area contributed by atoms with Crippen molar-refractivity contribution in [1.82, 2.24) is 20.4 Å². The van der Waals surface area contributed by atoms with E-state index in [4.69, 9.17) is 4.74 Å². The summed E-state index contributed by atoms with van der Waals surface area (Å²) in [7, 11) is 1.87. The lowest BCUT2D eigenvalue weighted by Gasteiger charge is -2.27. The van der Waals surface area contributed by atoms with Crippen LogP contribution < -0.4 is 5.32 Å². The van der Waals surface area contributed by atoms with Crippen molar-refractivity contribution in [1.29, 1.82) is 0 Å². The van der Waals surface area contributed by atoms with Crippen LogP contribution in [0.15, 0.2) is 0 Å². The summed E-state index contributed by atoms with van der Waals surface area (Å²) >= 11 is 0. The second-order valence-corrected chi connectivity index (χ2v) is 5.70. The van der Waals surface area contributed by atoms with E-state index in [0.29, 0.717) is 11.6 Å². The molecule has 0 atom stereocenters. The molecule has 0 aromatic carbocycles. The highest BCUT2D eigenvalue weighted by Crippen LogP contribution is 2.19. The van der Waals surface area contributed by atoms with Crippen molar-refractivity contribution in [3.8, 4) is 0 Å². The number of H-pyrrole nitrogens is 1. The summed E-state index contributed by atoms with van der Waals surface area (Å²) in [4.78, 5) is 14.3. The van der Waals surface area contributed by atoms with Crippen LogP contribution in [0.4, 0.5) is 0 Å². The van der Waals surface area contributed by atoms with Gasteiger partial charge in [-0.1, -0.05) is 0 Å². The van der Waals surface area contributed by atoms with Crippen molar-refractivity contribution >= 4 is 5.91 Å². The number of nitrogens with one attached hydrogen (secondary N) is 2. The Morgan fingerprint density at radius 1 is 1.45 bits per heavy atom. The van der Waals surface area contributed by atoms with Gasteiger partial charge in [-0.05, 0) is 18.8 Å². The zero-order valence-corrected chi connectivity index (χ0v) is 11.9. The average Bonchev–Trinajstić information content (AvgIpc) is 2.91. The van der Waals surface area contributed by atoms with Crippen LogP contribution in [-0.4, -0.2) is 54.4 Å². The molecule has 0 spiro atoms. The van der Waals surface area contributed by atoms with Crippen LogP contribution in [0.25, 0.3) is 0 Å². The normalized spacial score (nSPS) is 19.6. The molecule has 0 radical (unpaired) electrons. The van der Waals surface area contributed by atoms with Gasteiger partial charge in [-0.25, -0.2) is 0 Å². The summed E-state index contributed by atoms with van der Waals surface area (Å²) in [6.07, 6.45) is 3.00. The second-order valence-electron chi connectivity index (χ2n) is 5.70. The van der Waals surface area contributed by atoms with Crippen molar-refractivity contribution in [3.63, 3.8) is 0 Å². The van der Waals surface area contributed by atoms with Crippen LogP contribution in [-0.2, 0) is 17.7 Å². The maximum atomic E-state index is 12.5. The highest BCUT2D eigenvalue weighted by Gasteiger charge is 2.25. The van der Waals surface area contributed by atoms with Crippen LogP contribution in [0.5, 0.6) is 0 Å². The monoisotopic (exact) mass is 278 g/mol. The predicted octanol–water partition coefficient (Wildman–Crippen LogP) is 0.554. The van der Waals surface area contributed by atoms with Gasteiger partial charge in [0.2, 0.25) is 0 Å². The van der Waals surface area contributed by atoms with Crippen LogP contribution in [0.1, 0.15) is 34.6 Å². The van der Waals surface area contributed by atoms with E-state index in [2.05, 4.69) is 15.5 Å². The first kappa shape index (κ1) is 13.6. The van der Waals surface area contributed by atoms with Crippen LogP contribution >= 0.6 is 0 Å². The molecule has 0 aliphatic carbocycles. The zero-order valence-electron chi connectivity index (χ0n) is 11.9. The lowest BCUT2D eigenvalue weighted by Crippen LogP contribution is -2.35. The number of carbonyl (C=O) groups is 1. The summed E-state index contributed by atoms with van der Waals surface area (Å²) in [5.74, 6) is 0.572. The Labute approximate surface area is 118 Å². The third kappa shape index (κ3) is 2.71. The van der Waals surface area contributed by atoms with Gasteiger partial charge in [-0.15, -0.1) is 0 Å². The van der Waals surface area contributed by atoms with E-state index in [9.17, 15) is 4.79 Å². The van der Waals surface area contributed by atoms with Crippen LogP contribution in [0.3, 0.4) is 0 Å².